The van der Waals surface area contributed by atoms with Crippen LogP contribution in [0.25, 0.3) is 0 Å². The first-order valence-corrected chi connectivity index (χ1v) is 6.09. The molecule has 96 valence electrons. The number of nitrogens with one attached hydrogen (secondary N) is 2. The quantitative estimate of drug-likeness (QED) is 0.854. The van der Waals surface area contributed by atoms with Crippen LogP contribution >= 0.6 is 11.6 Å². The maximum Gasteiger partial charge on any atom is 0.234 e. The fraction of sp³-hybridized carbons (Fsp3) is 0.385. The van der Waals surface area contributed by atoms with Crippen molar-refractivity contribution in [3.8, 4) is 6.07 Å². The van der Waals surface area contributed by atoms with Gasteiger partial charge >= 0.3 is 0 Å². The van der Waals surface area contributed by atoms with Crippen LogP contribution in [0.15, 0.2) is 18.2 Å². The molecule has 0 unspecified atom stereocenters. The zero-order valence-corrected chi connectivity index (χ0v) is 11.2. The monoisotopic (exact) mass is 265 g/mol. The maximum absolute atomic E-state index is 11.4. The Morgan fingerprint density at radius 3 is 2.78 bits per heavy atom. The number of hydrogen-bond donors (Lipinski definition) is 2. The van der Waals surface area contributed by atoms with Crippen LogP contribution in [0.3, 0.4) is 0 Å². The second-order valence-electron chi connectivity index (χ2n) is 4.24. The van der Waals surface area contributed by atoms with Crippen LogP contribution < -0.4 is 10.6 Å². The number of halogens is 1. The number of carbonyl (C=O) groups excluding carboxylic acids is 1. The van der Waals surface area contributed by atoms with Crippen molar-refractivity contribution in [2.45, 2.75) is 26.4 Å². The molecule has 2 N–H and O–H groups in total. The van der Waals surface area contributed by atoms with E-state index in [2.05, 4.69) is 10.6 Å². The second kappa shape index (κ2) is 7.00. The standard InChI is InChI=1S/C13H16ClN3O/c1-9(2)17-13(18)8-16-7-11-4-3-10(6-15)5-12(11)14/h3-5,9,16H,7-8H2,1-2H3,(H,17,18). The molecule has 18 heavy (non-hydrogen) atoms. The molecule has 0 aromatic heterocycles. The average Bonchev–Trinajstić information content (AvgIpc) is 2.30. The Hall–Kier alpha value is -1.57. The lowest BCUT2D eigenvalue weighted by atomic mass is 10.1. The summed E-state index contributed by atoms with van der Waals surface area (Å²) in [6.07, 6.45) is 0. The van der Waals surface area contributed by atoms with Crippen LogP contribution in [0.2, 0.25) is 5.02 Å². The van der Waals surface area contributed by atoms with Crippen molar-refractivity contribution in [2.75, 3.05) is 6.54 Å². The number of nitriles is 1. The van der Waals surface area contributed by atoms with Crippen molar-refractivity contribution in [1.29, 1.82) is 5.26 Å². The lowest BCUT2D eigenvalue weighted by Crippen LogP contribution is -2.37. The third kappa shape index (κ3) is 4.74. The van der Waals surface area contributed by atoms with Gasteiger partial charge in [-0.15, -0.1) is 0 Å². The molecule has 1 aromatic rings. The van der Waals surface area contributed by atoms with Crippen molar-refractivity contribution in [3.05, 3.63) is 34.3 Å². The van der Waals surface area contributed by atoms with E-state index in [1.807, 2.05) is 19.9 Å². The first kappa shape index (κ1) is 14.5. The topological polar surface area (TPSA) is 64.9 Å². The Balaban J connectivity index is 2.45. The molecule has 5 heteroatoms. The Bertz CT molecular complexity index is 466. The van der Waals surface area contributed by atoms with E-state index < -0.39 is 0 Å². The van der Waals surface area contributed by atoms with Crippen molar-refractivity contribution in [2.24, 2.45) is 0 Å². The molecular weight excluding hydrogens is 250 g/mol. The molecule has 4 nitrogen and oxygen atoms in total. The minimum Gasteiger partial charge on any atom is -0.353 e. The van der Waals surface area contributed by atoms with Gasteiger partial charge in [-0.05, 0) is 31.5 Å². The van der Waals surface area contributed by atoms with Gasteiger partial charge in [0.25, 0.3) is 0 Å². The van der Waals surface area contributed by atoms with E-state index in [4.69, 9.17) is 16.9 Å². The Kier molecular flexibility index (Phi) is 5.63. The van der Waals surface area contributed by atoms with E-state index in [1.54, 1.807) is 18.2 Å². The SMILES string of the molecule is CC(C)NC(=O)CNCc1ccc(C#N)cc1Cl. The summed E-state index contributed by atoms with van der Waals surface area (Å²) < 4.78 is 0. The highest BCUT2D eigenvalue weighted by Gasteiger charge is 2.04. The van der Waals surface area contributed by atoms with Gasteiger partial charge in [-0.25, -0.2) is 0 Å². The fourth-order valence-corrected chi connectivity index (χ4v) is 1.69. The summed E-state index contributed by atoms with van der Waals surface area (Å²) in [5.74, 6) is -0.0465. The van der Waals surface area contributed by atoms with E-state index in [9.17, 15) is 4.79 Å². The van der Waals surface area contributed by atoms with Crippen LogP contribution in [-0.2, 0) is 11.3 Å². The highest BCUT2D eigenvalue weighted by Crippen LogP contribution is 2.17. The van der Waals surface area contributed by atoms with Gasteiger partial charge in [0.15, 0.2) is 0 Å². The normalized spacial score (nSPS) is 10.2. The van der Waals surface area contributed by atoms with Gasteiger partial charge in [0.1, 0.15) is 0 Å². The number of rotatable bonds is 5. The lowest BCUT2D eigenvalue weighted by molar-refractivity contribution is -0.120. The average molecular weight is 266 g/mol. The summed E-state index contributed by atoms with van der Waals surface area (Å²) in [5, 5.41) is 15.0. The van der Waals surface area contributed by atoms with Crippen molar-refractivity contribution < 1.29 is 4.79 Å². The van der Waals surface area contributed by atoms with E-state index in [0.29, 0.717) is 17.1 Å². The fourth-order valence-electron chi connectivity index (χ4n) is 1.44. The minimum absolute atomic E-state index is 0.0465. The summed E-state index contributed by atoms with van der Waals surface area (Å²) in [4.78, 5) is 11.4. The highest BCUT2D eigenvalue weighted by molar-refractivity contribution is 6.31. The summed E-state index contributed by atoms with van der Waals surface area (Å²) in [5.41, 5.74) is 1.40. The Morgan fingerprint density at radius 1 is 1.50 bits per heavy atom. The van der Waals surface area contributed by atoms with Gasteiger partial charge in [-0.2, -0.15) is 5.26 Å². The Labute approximate surface area is 112 Å². The lowest BCUT2D eigenvalue weighted by Gasteiger charge is -2.10. The number of hydrogen-bond acceptors (Lipinski definition) is 3. The van der Waals surface area contributed by atoms with Crippen LogP contribution in [0.4, 0.5) is 0 Å². The second-order valence-corrected chi connectivity index (χ2v) is 4.65. The van der Waals surface area contributed by atoms with E-state index in [1.165, 1.54) is 0 Å². The van der Waals surface area contributed by atoms with Crippen LogP contribution in [0.1, 0.15) is 25.0 Å². The minimum atomic E-state index is -0.0465. The number of carbonyl (C=O) groups is 1. The molecule has 0 saturated carbocycles. The van der Waals surface area contributed by atoms with E-state index in [0.717, 1.165) is 5.56 Å². The van der Waals surface area contributed by atoms with E-state index >= 15 is 0 Å². The molecule has 0 aliphatic carbocycles. The molecule has 0 spiro atoms. The molecule has 0 bridgehead atoms. The molecule has 0 radical (unpaired) electrons. The molecule has 0 heterocycles. The molecule has 0 aliphatic rings. The largest absolute Gasteiger partial charge is 0.353 e. The van der Waals surface area contributed by atoms with Gasteiger partial charge in [-0.1, -0.05) is 17.7 Å². The third-order valence-corrected chi connectivity index (χ3v) is 2.58. The Morgan fingerprint density at radius 2 is 2.22 bits per heavy atom. The molecule has 0 fully saturated rings. The molecule has 1 rings (SSSR count). The number of benzene rings is 1. The summed E-state index contributed by atoms with van der Waals surface area (Å²) in [7, 11) is 0. The first-order chi connectivity index (χ1) is 8.52. The van der Waals surface area contributed by atoms with Crippen molar-refractivity contribution >= 4 is 17.5 Å². The van der Waals surface area contributed by atoms with Gasteiger partial charge in [0, 0.05) is 17.6 Å². The summed E-state index contributed by atoms with van der Waals surface area (Å²) >= 11 is 6.02. The first-order valence-electron chi connectivity index (χ1n) is 5.71. The maximum atomic E-state index is 11.4. The van der Waals surface area contributed by atoms with Crippen molar-refractivity contribution in [3.63, 3.8) is 0 Å². The zero-order chi connectivity index (χ0) is 13.5. The van der Waals surface area contributed by atoms with Gasteiger partial charge in [-0.3, -0.25) is 4.79 Å². The zero-order valence-electron chi connectivity index (χ0n) is 10.5. The van der Waals surface area contributed by atoms with E-state index in [-0.39, 0.29) is 18.5 Å². The molecule has 0 saturated heterocycles. The predicted octanol–water partition coefficient (Wildman–Crippen LogP) is 1.83. The third-order valence-electron chi connectivity index (χ3n) is 2.23. The van der Waals surface area contributed by atoms with Crippen LogP contribution in [-0.4, -0.2) is 18.5 Å². The molecule has 1 aromatic carbocycles. The highest BCUT2D eigenvalue weighted by atomic mass is 35.5. The molecular formula is C13H16ClN3O. The molecule has 0 aliphatic heterocycles. The van der Waals surface area contributed by atoms with Gasteiger partial charge < -0.3 is 10.6 Å². The number of amides is 1. The van der Waals surface area contributed by atoms with Gasteiger partial charge in [0.05, 0.1) is 18.2 Å². The summed E-state index contributed by atoms with van der Waals surface area (Å²) in [6.45, 7) is 4.56. The molecule has 0 atom stereocenters. The van der Waals surface area contributed by atoms with Gasteiger partial charge in [0.2, 0.25) is 5.91 Å². The van der Waals surface area contributed by atoms with Crippen molar-refractivity contribution in [1.82, 2.24) is 10.6 Å². The smallest absolute Gasteiger partial charge is 0.234 e. The predicted molar refractivity (Wildman–Crippen MR) is 71.2 cm³/mol. The van der Waals surface area contributed by atoms with Crippen LogP contribution in [0, 0.1) is 11.3 Å². The van der Waals surface area contributed by atoms with Crippen LogP contribution in [0.5, 0.6) is 0 Å². The molecule has 1 amide bonds. The summed E-state index contributed by atoms with van der Waals surface area (Å²) in [6, 6.07) is 7.27. The number of nitrogens with zero attached hydrogens (tertiary/aromatic N) is 1.